The molecule has 110 valence electrons. The SMILES string of the molecule is CC(C)NC(=O)c1cnc(NCc2ccc(Cl)cc2)nc1. The number of benzene rings is 1. The molecule has 6 heteroatoms. The summed E-state index contributed by atoms with van der Waals surface area (Å²) < 4.78 is 0. The zero-order valence-electron chi connectivity index (χ0n) is 11.9. The molecule has 1 heterocycles. The van der Waals surface area contributed by atoms with Crippen molar-refractivity contribution in [3.8, 4) is 0 Å². The van der Waals surface area contributed by atoms with Crippen LogP contribution in [0.25, 0.3) is 0 Å². The van der Waals surface area contributed by atoms with Crippen LogP contribution in [0, 0.1) is 0 Å². The van der Waals surface area contributed by atoms with Gasteiger partial charge in [-0.2, -0.15) is 0 Å². The van der Waals surface area contributed by atoms with Gasteiger partial charge in [0, 0.05) is 30.0 Å². The molecule has 1 aromatic carbocycles. The largest absolute Gasteiger partial charge is 0.350 e. The van der Waals surface area contributed by atoms with Gasteiger partial charge in [0.25, 0.3) is 5.91 Å². The highest BCUT2D eigenvalue weighted by atomic mass is 35.5. The number of nitrogens with zero attached hydrogens (tertiary/aromatic N) is 2. The lowest BCUT2D eigenvalue weighted by molar-refractivity contribution is 0.0942. The molecule has 0 aliphatic heterocycles. The Labute approximate surface area is 128 Å². The van der Waals surface area contributed by atoms with Gasteiger partial charge in [-0.3, -0.25) is 4.79 Å². The van der Waals surface area contributed by atoms with Crippen LogP contribution in [0.2, 0.25) is 5.02 Å². The van der Waals surface area contributed by atoms with Crippen LogP contribution >= 0.6 is 11.6 Å². The molecule has 0 aliphatic carbocycles. The van der Waals surface area contributed by atoms with Crippen LogP contribution in [-0.2, 0) is 6.54 Å². The van der Waals surface area contributed by atoms with Crippen molar-refractivity contribution in [1.29, 1.82) is 0 Å². The summed E-state index contributed by atoms with van der Waals surface area (Å²) in [6.45, 7) is 4.40. The maximum atomic E-state index is 11.8. The van der Waals surface area contributed by atoms with E-state index < -0.39 is 0 Å². The summed E-state index contributed by atoms with van der Waals surface area (Å²) in [5.74, 6) is 0.306. The maximum absolute atomic E-state index is 11.8. The van der Waals surface area contributed by atoms with Crippen LogP contribution in [-0.4, -0.2) is 21.9 Å². The van der Waals surface area contributed by atoms with Gasteiger partial charge in [0.1, 0.15) is 0 Å². The van der Waals surface area contributed by atoms with Gasteiger partial charge in [0.15, 0.2) is 0 Å². The molecule has 0 aliphatic rings. The van der Waals surface area contributed by atoms with E-state index in [1.165, 1.54) is 12.4 Å². The first-order chi connectivity index (χ1) is 10.0. The van der Waals surface area contributed by atoms with Crippen LogP contribution < -0.4 is 10.6 Å². The van der Waals surface area contributed by atoms with E-state index in [4.69, 9.17) is 11.6 Å². The first-order valence-electron chi connectivity index (χ1n) is 6.66. The molecule has 2 N–H and O–H groups in total. The van der Waals surface area contributed by atoms with E-state index >= 15 is 0 Å². The lowest BCUT2D eigenvalue weighted by Crippen LogP contribution is -2.30. The monoisotopic (exact) mass is 304 g/mol. The molecular weight excluding hydrogens is 288 g/mol. The summed E-state index contributed by atoms with van der Waals surface area (Å²) in [7, 11) is 0. The Morgan fingerprint density at radius 3 is 2.38 bits per heavy atom. The molecule has 1 amide bonds. The molecule has 0 spiro atoms. The van der Waals surface area contributed by atoms with Crippen LogP contribution in [0.4, 0.5) is 5.95 Å². The predicted molar refractivity (Wildman–Crippen MR) is 83.4 cm³/mol. The van der Waals surface area contributed by atoms with E-state index in [1.54, 1.807) is 0 Å². The van der Waals surface area contributed by atoms with Gasteiger partial charge in [0.2, 0.25) is 5.95 Å². The highest BCUT2D eigenvalue weighted by Crippen LogP contribution is 2.10. The van der Waals surface area contributed by atoms with Gasteiger partial charge in [-0.15, -0.1) is 0 Å². The van der Waals surface area contributed by atoms with E-state index in [2.05, 4.69) is 20.6 Å². The van der Waals surface area contributed by atoms with Gasteiger partial charge in [0.05, 0.1) is 5.56 Å². The molecular formula is C15H17ClN4O. The Morgan fingerprint density at radius 1 is 1.19 bits per heavy atom. The van der Waals surface area contributed by atoms with Crippen molar-refractivity contribution >= 4 is 23.5 Å². The number of hydrogen-bond donors (Lipinski definition) is 2. The Morgan fingerprint density at radius 2 is 1.81 bits per heavy atom. The zero-order chi connectivity index (χ0) is 15.2. The number of aromatic nitrogens is 2. The summed E-state index contributed by atoms with van der Waals surface area (Å²) in [5.41, 5.74) is 1.52. The van der Waals surface area contributed by atoms with Crippen LogP contribution in [0.15, 0.2) is 36.7 Å². The number of nitrogens with one attached hydrogen (secondary N) is 2. The Kier molecular flexibility index (Phi) is 5.11. The minimum absolute atomic E-state index is 0.0835. The topological polar surface area (TPSA) is 66.9 Å². The fourth-order valence-electron chi connectivity index (χ4n) is 1.67. The molecule has 0 bridgehead atoms. The summed E-state index contributed by atoms with van der Waals surface area (Å²) in [6, 6.07) is 7.61. The van der Waals surface area contributed by atoms with Crippen LogP contribution in [0.1, 0.15) is 29.8 Å². The third-order valence-electron chi connectivity index (χ3n) is 2.70. The Bertz CT molecular complexity index is 596. The Hall–Kier alpha value is -2.14. The lowest BCUT2D eigenvalue weighted by Gasteiger charge is -2.08. The molecule has 0 atom stereocenters. The minimum atomic E-state index is -0.172. The first kappa shape index (κ1) is 15.3. The highest BCUT2D eigenvalue weighted by molar-refractivity contribution is 6.30. The van der Waals surface area contributed by atoms with Crippen molar-refractivity contribution in [3.05, 3.63) is 52.8 Å². The number of carbonyl (C=O) groups is 1. The molecule has 0 fully saturated rings. The number of halogens is 1. The second-order valence-corrected chi connectivity index (χ2v) is 5.34. The summed E-state index contributed by atoms with van der Waals surface area (Å²) >= 11 is 5.83. The zero-order valence-corrected chi connectivity index (χ0v) is 12.7. The van der Waals surface area contributed by atoms with Crippen molar-refractivity contribution in [2.45, 2.75) is 26.4 Å². The van der Waals surface area contributed by atoms with Gasteiger partial charge in [-0.25, -0.2) is 9.97 Å². The number of carbonyl (C=O) groups excluding carboxylic acids is 1. The second kappa shape index (κ2) is 7.04. The summed E-state index contributed by atoms with van der Waals surface area (Å²) in [5, 5.41) is 6.58. The quantitative estimate of drug-likeness (QED) is 0.891. The average molecular weight is 305 g/mol. The fraction of sp³-hybridized carbons (Fsp3) is 0.267. The number of anilines is 1. The van der Waals surface area contributed by atoms with Crippen molar-refractivity contribution in [1.82, 2.24) is 15.3 Å². The molecule has 1 aromatic heterocycles. The van der Waals surface area contributed by atoms with Gasteiger partial charge >= 0.3 is 0 Å². The van der Waals surface area contributed by atoms with Crippen molar-refractivity contribution in [2.24, 2.45) is 0 Å². The van der Waals surface area contributed by atoms with Crippen LogP contribution in [0.5, 0.6) is 0 Å². The van der Waals surface area contributed by atoms with E-state index in [1.807, 2.05) is 38.1 Å². The maximum Gasteiger partial charge on any atom is 0.254 e. The standard InChI is InChI=1S/C15H17ClN4O/c1-10(2)20-14(21)12-8-18-15(19-9-12)17-7-11-3-5-13(16)6-4-11/h3-6,8-10H,7H2,1-2H3,(H,20,21)(H,17,18,19). The van der Waals surface area contributed by atoms with E-state index in [0.717, 1.165) is 5.56 Å². The minimum Gasteiger partial charge on any atom is -0.350 e. The van der Waals surface area contributed by atoms with E-state index in [-0.39, 0.29) is 11.9 Å². The molecule has 21 heavy (non-hydrogen) atoms. The van der Waals surface area contributed by atoms with Crippen molar-refractivity contribution in [3.63, 3.8) is 0 Å². The van der Waals surface area contributed by atoms with E-state index in [0.29, 0.717) is 23.1 Å². The fourth-order valence-corrected chi connectivity index (χ4v) is 1.79. The summed E-state index contributed by atoms with van der Waals surface area (Å²) in [4.78, 5) is 20.0. The number of rotatable bonds is 5. The Balaban J connectivity index is 1.93. The molecule has 0 unspecified atom stereocenters. The molecule has 0 saturated heterocycles. The highest BCUT2D eigenvalue weighted by Gasteiger charge is 2.08. The third-order valence-corrected chi connectivity index (χ3v) is 2.95. The second-order valence-electron chi connectivity index (χ2n) is 4.90. The predicted octanol–water partition coefficient (Wildman–Crippen LogP) is 2.88. The van der Waals surface area contributed by atoms with Gasteiger partial charge in [-0.1, -0.05) is 23.7 Å². The van der Waals surface area contributed by atoms with Crippen molar-refractivity contribution in [2.75, 3.05) is 5.32 Å². The molecule has 0 saturated carbocycles. The summed E-state index contributed by atoms with van der Waals surface area (Å²) in [6.07, 6.45) is 3.02. The molecule has 0 radical (unpaired) electrons. The lowest BCUT2D eigenvalue weighted by atomic mass is 10.2. The normalized spacial score (nSPS) is 10.5. The first-order valence-corrected chi connectivity index (χ1v) is 7.03. The smallest absolute Gasteiger partial charge is 0.254 e. The van der Waals surface area contributed by atoms with Gasteiger partial charge < -0.3 is 10.6 Å². The number of amides is 1. The van der Waals surface area contributed by atoms with Crippen LogP contribution in [0.3, 0.4) is 0 Å². The third kappa shape index (κ3) is 4.72. The number of hydrogen-bond acceptors (Lipinski definition) is 4. The molecule has 2 aromatic rings. The van der Waals surface area contributed by atoms with E-state index in [9.17, 15) is 4.79 Å². The average Bonchev–Trinajstić information content (AvgIpc) is 2.46. The molecule has 2 rings (SSSR count). The van der Waals surface area contributed by atoms with Crippen molar-refractivity contribution < 1.29 is 4.79 Å². The molecule has 5 nitrogen and oxygen atoms in total. The van der Waals surface area contributed by atoms with Gasteiger partial charge in [-0.05, 0) is 31.5 Å².